The van der Waals surface area contributed by atoms with Crippen molar-refractivity contribution < 1.29 is 4.74 Å². The Morgan fingerprint density at radius 1 is 1.00 bits per heavy atom. The van der Waals surface area contributed by atoms with Crippen molar-refractivity contribution in [2.75, 3.05) is 7.11 Å². The molecule has 0 saturated carbocycles. The van der Waals surface area contributed by atoms with Crippen molar-refractivity contribution in [2.24, 2.45) is 0 Å². The smallest absolute Gasteiger partial charge is 0.226 e. The summed E-state index contributed by atoms with van der Waals surface area (Å²) in [5, 5.41) is 6.11. The van der Waals surface area contributed by atoms with Gasteiger partial charge in [0.25, 0.3) is 0 Å². The van der Waals surface area contributed by atoms with E-state index in [9.17, 15) is 0 Å². The third-order valence-electron chi connectivity index (χ3n) is 3.54. The summed E-state index contributed by atoms with van der Waals surface area (Å²) >= 11 is 12.3. The van der Waals surface area contributed by atoms with Crippen LogP contribution in [0.2, 0.25) is 10.3 Å². The molecule has 2 aromatic carbocycles. The highest BCUT2D eigenvalue weighted by atomic mass is 35.5. The predicted octanol–water partition coefficient (Wildman–Crippen LogP) is 4.26. The fourth-order valence-corrected chi connectivity index (χ4v) is 2.79. The van der Waals surface area contributed by atoms with E-state index in [1.807, 2.05) is 36.4 Å². The van der Waals surface area contributed by atoms with Crippen LogP contribution in [0.1, 0.15) is 0 Å². The Bertz CT molecular complexity index is 1030. The van der Waals surface area contributed by atoms with E-state index in [4.69, 9.17) is 27.9 Å². The number of halogens is 2. The number of fused-ring (bicyclic) bond motifs is 3. The summed E-state index contributed by atoms with van der Waals surface area (Å²) in [6.07, 6.45) is 0. The van der Waals surface area contributed by atoms with Crippen LogP contribution in [-0.4, -0.2) is 26.7 Å². The molecule has 4 rings (SSSR count). The van der Waals surface area contributed by atoms with Gasteiger partial charge in [-0.15, -0.1) is 5.10 Å². The van der Waals surface area contributed by atoms with E-state index >= 15 is 0 Å². The van der Waals surface area contributed by atoms with Gasteiger partial charge in [-0.2, -0.15) is 4.52 Å². The second-order valence-corrected chi connectivity index (χ2v) is 5.72. The Labute approximate surface area is 141 Å². The minimum Gasteiger partial charge on any atom is -0.497 e. The average Bonchev–Trinajstić information content (AvgIpc) is 3.02. The van der Waals surface area contributed by atoms with Gasteiger partial charge in [0, 0.05) is 16.0 Å². The van der Waals surface area contributed by atoms with Crippen molar-refractivity contribution >= 4 is 39.8 Å². The number of aromatic nitrogens is 4. The predicted molar refractivity (Wildman–Crippen MR) is 90.3 cm³/mol. The molecule has 0 N–H and O–H groups in total. The Morgan fingerprint density at radius 2 is 1.78 bits per heavy atom. The van der Waals surface area contributed by atoms with Gasteiger partial charge in [0.1, 0.15) is 5.75 Å². The van der Waals surface area contributed by atoms with E-state index < -0.39 is 0 Å². The Hall–Kier alpha value is -2.37. The number of rotatable bonds is 2. The van der Waals surface area contributed by atoms with Crippen molar-refractivity contribution in [2.45, 2.75) is 0 Å². The number of hydrogen-bond acceptors (Lipinski definition) is 4. The first-order valence-corrected chi connectivity index (χ1v) is 7.57. The van der Waals surface area contributed by atoms with Crippen molar-refractivity contribution in [1.29, 1.82) is 0 Å². The topological polar surface area (TPSA) is 52.3 Å². The Balaban J connectivity index is 1.97. The molecule has 0 radical (unpaired) electrons. The summed E-state index contributed by atoms with van der Waals surface area (Å²) < 4.78 is 6.68. The van der Waals surface area contributed by atoms with Crippen LogP contribution in [0.15, 0.2) is 42.5 Å². The summed E-state index contributed by atoms with van der Waals surface area (Å²) in [6, 6.07) is 12.9. The fraction of sp³-hybridized carbons (Fsp3) is 0.0625. The zero-order valence-corrected chi connectivity index (χ0v) is 13.5. The van der Waals surface area contributed by atoms with Gasteiger partial charge < -0.3 is 4.74 Å². The molecule has 7 heteroatoms. The molecule has 114 valence electrons. The van der Waals surface area contributed by atoms with Crippen LogP contribution in [0.5, 0.6) is 5.75 Å². The lowest BCUT2D eigenvalue weighted by atomic mass is 10.2. The standard InChI is InChI=1S/C16H10Cl2N4O/c1-23-11-5-2-9(3-6-11)14-20-15-12-8-10(17)4-7-13(12)19-16(18)22(15)21-14/h2-8H,1H3. The maximum atomic E-state index is 6.22. The highest BCUT2D eigenvalue weighted by molar-refractivity contribution is 6.32. The normalized spacial score (nSPS) is 11.3. The van der Waals surface area contributed by atoms with E-state index in [0.29, 0.717) is 16.5 Å². The molecule has 0 amide bonds. The van der Waals surface area contributed by atoms with Gasteiger partial charge in [-0.25, -0.2) is 9.97 Å². The first-order chi connectivity index (χ1) is 11.2. The lowest BCUT2D eigenvalue weighted by Gasteiger charge is -2.01. The molecule has 0 spiro atoms. The van der Waals surface area contributed by atoms with Gasteiger partial charge in [-0.1, -0.05) is 11.6 Å². The largest absolute Gasteiger partial charge is 0.497 e. The number of hydrogen-bond donors (Lipinski definition) is 0. The highest BCUT2D eigenvalue weighted by Gasteiger charge is 2.13. The molecule has 23 heavy (non-hydrogen) atoms. The van der Waals surface area contributed by atoms with Crippen LogP contribution in [0.3, 0.4) is 0 Å². The molecular formula is C16H10Cl2N4O. The van der Waals surface area contributed by atoms with Crippen LogP contribution in [0, 0.1) is 0 Å². The molecule has 0 atom stereocenters. The second-order valence-electron chi connectivity index (χ2n) is 4.94. The third kappa shape index (κ3) is 2.38. The summed E-state index contributed by atoms with van der Waals surface area (Å²) in [7, 11) is 1.62. The molecule has 0 aliphatic rings. The molecule has 0 fully saturated rings. The van der Waals surface area contributed by atoms with Crippen LogP contribution in [0.25, 0.3) is 27.9 Å². The second kappa shape index (κ2) is 5.37. The number of ether oxygens (including phenoxy) is 1. The van der Waals surface area contributed by atoms with Gasteiger partial charge in [-0.05, 0) is 54.1 Å². The molecule has 5 nitrogen and oxygen atoms in total. The summed E-state index contributed by atoms with van der Waals surface area (Å²) in [4.78, 5) is 8.92. The SMILES string of the molecule is COc1ccc(-c2nc3c4cc(Cl)ccc4nc(Cl)n3n2)cc1. The fourth-order valence-electron chi connectivity index (χ4n) is 2.41. The van der Waals surface area contributed by atoms with Crippen molar-refractivity contribution in [3.8, 4) is 17.1 Å². The van der Waals surface area contributed by atoms with Crippen LogP contribution in [-0.2, 0) is 0 Å². The van der Waals surface area contributed by atoms with Crippen molar-refractivity contribution in [3.63, 3.8) is 0 Å². The van der Waals surface area contributed by atoms with Crippen LogP contribution < -0.4 is 4.74 Å². The van der Waals surface area contributed by atoms with Crippen LogP contribution >= 0.6 is 23.2 Å². The van der Waals surface area contributed by atoms with Gasteiger partial charge >= 0.3 is 0 Å². The molecule has 0 saturated heterocycles. The van der Waals surface area contributed by atoms with Crippen molar-refractivity contribution in [3.05, 3.63) is 52.8 Å². The number of nitrogens with zero attached hydrogens (tertiary/aromatic N) is 4. The Morgan fingerprint density at radius 3 is 2.52 bits per heavy atom. The zero-order chi connectivity index (χ0) is 16.0. The van der Waals surface area contributed by atoms with Crippen LogP contribution in [0.4, 0.5) is 0 Å². The van der Waals surface area contributed by atoms with Crippen molar-refractivity contribution in [1.82, 2.24) is 19.6 Å². The molecule has 0 bridgehead atoms. The molecule has 4 aromatic rings. The molecule has 0 unspecified atom stereocenters. The molecule has 2 aromatic heterocycles. The molecular weight excluding hydrogens is 335 g/mol. The van der Waals surface area contributed by atoms with Gasteiger partial charge in [-0.3, -0.25) is 0 Å². The van der Waals surface area contributed by atoms with Gasteiger partial charge in [0.05, 0.1) is 12.6 Å². The highest BCUT2D eigenvalue weighted by Crippen LogP contribution is 2.27. The minimum atomic E-state index is 0.252. The molecule has 0 aliphatic carbocycles. The first-order valence-electron chi connectivity index (χ1n) is 6.81. The number of benzene rings is 2. The monoisotopic (exact) mass is 344 g/mol. The first kappa shape index (κ1) is 14.2. The third-order valence-corrected chi connectivity index (χ3v) is 4.02. The minimum absolute atomic E-state index is 0.252. The zero-order valence-electron chi connectivity index (χ0n) is 12.0. The van der Waals surface area contributed by atoms with E-state index in [1.54, 1.807) is 13.2 Å². The Kier molecular flexibility index (Phi) is 3.32. The molecule has 2 heterocycles. The maximum Gasteiger partial charge on any atom is 0.226 e. The quantitative estimate of drug-likeness (QED) is 0.510. The average molecular weight is 345 g/mol. The van der Waals surface area contributed by atoms with E-state index in [2.05, 4.69) is 15.1 Å². The number of methoxy groups -OCH3 is 1. The van der Waals surface area contributed by atoms with E-state index in [-0.39, 0.29) is 5.28 Å². The lowest BCUT2D eigenvalue weighted by Crippen LogP contribution is -1.94. The molecule has 0 aliphatic heterocycles. The summed E-state index contributed by atoms with van der Waals surface area (Å²) in [6.45, 7) is 0. The lowest BCUT2D eigenvalue weighted by molar-refractivity contribution is 0.415. The van der Waals surface area contributed by atoms with E-state index in [0.717, 1.165) is 22.2 Å². The van der Waals surface area contributed by atoms with Gasteiger partial charge in [0.2, 0.25) is 5.28 Å². The summed E-state index contributed by atoms with van der Waals surface area (Å²) in [5.41, 5.74) is 2.20. The van der Waals surface area contributed by atoms with Gasteiger partial charge in [0.15, 0.2) is 11.5 Å². The summed E-state index contributed by atoms with van der Waals surface area (Å²) in [5.74, 6) is 1.33. The van der Waals surface area contributed by atoms with E-state index in [1.165, 1.54) is 4.52 Å². The maximum absolute atomic E-state index is 6.22.